The van der Waals surface area contributed by atoms with Gasteiger partial charge in [-0.1, -0.05) is 19.9 Å². The first-order valence-electron chi connectivity index (χ1n) is 10.1. The zero-order valence-corrected chi connectivity index (χ0v) is 18.8. The van der Waals surface area contributed by atoms with Crippen LogP contribution in [0, 0.1) is 27.7 Å². The summed E-state index contributed by atoms with van der Waals surface area (Å²) >= 11 is 0. The van der Waals surface area contributed by atoms with E-state index in [-0.39, 0.29) is 0 Å². The molecule has 0 N–H and O–H groups in total. The van der Waals surface area contributed by atoms with Crippen LogP contribution in [0.1, 0.15) is 73.3 Å². The quantitative estimate of drug-likeness (QED) is 0.525. The van der Waals surface area contributed by atoms with Gasteiger partial charge in [-0.05, 0) is 83.4 Å². The Labute approximate surface area is 173 Å². The highest BCUT2D eigenvalue weighted by Crippen LogP contribution is 2.19. The Morgan fingerprint density at radius 1 is 0.828 bits per heavy atom. The van der Waals surface area contributed by atoms with Gasteiger partial charge in [0.1, 0.15) is 0 Å². The minimum atomic E-state index is 0.408. The molecule has 3 aromatic rings. The zero-order chi connectivity index (χ0) is 21.3. The van der Waals surface area contributed by atoms with Crippen molar-refractivity contribution in [3.8, 4) is 0 Å². The summed E-state index contributed by atoms with van der Waals surface area (Å²) in [6, 6.07) is 12.4. The van der Waals surface area contributed by atoms with Crippen molar-refractivity contribution in [2.24, 2.45) is 10.2 Å². The van der Waals surface area contributed by atoms with Crippen molar-refractivity contribution in [3.05, 3.63) is 76.1 Å². The topological polar surface area (TPSA) is 47.5 Å². The Kier molecular flexibility index (Phi) is 5.87. The molecule has 0 radical (unpaired) electrons. The molecule has 0 aliphatic rings. The molecule has 0 saturated heterocycles. The second-order valence-corrected chi connectivity index (χ2v) is 8.01. The molecule has 0 spiro atoms. The summed E-state index contributed by atoms with van der Waals surface area (Å²) in [5.74, 6) is 0.408. The summed E-state index contributed by atoms with van der Waals surface area (Å²) in [5.41, 5.74) is 9.31. The first kappa shape index (κ1) is 20.8. The third-order valence-electron chi connectivity index (χ3n) is 5.30. The van der Waals surface area contributed by atoms with Crippen LogP contribution in [0.5, 0.6) is 0 Å². The molecular weight excluding hydrogens is 358 g/mol. The Balaban J connectivity index is 1.97. The molecule has 0 unspecified atom stereocenters. The molecule has 0 amide bonds. The van der Waals surface area contributed by atoms with Crippen molar-refractivity contribution in [3.63, 3.8) is 0 Å². The van der Waals surface area contributed by atoms with Gasteiger partial charge in [-0.15, -0.1) is 0 Å². The highest BCUT2D eigenvalue weighted by molar-refractivity contribution is 6.00. The summed E-state index contributed by atoms with van der Waals surface area (Å²) in [5, 5.41) is 9.65. The van der Waals surface area contributed by atoms with Gasteiger partial charge in [0, 0.05) is 22.8 Å². The molecule has 0 aliphatic heterocycles. The smallest absolute Gasteiger partial charge is 0.0867 e. The van der Waals surface area contributed by atoms with Crippen LogP contribution < -0.4 is 0 Å². The fourth-order valence-electron chi connectivity index (χ4n) is 3.43. The van der Waals surface area contributed by atoms with E-state index < -0.39 is 0 Å². The monoisotopic (exact) mass is 389 g/mol. The van der Waals surface area contributed by atoms with Crippen LogP contribution in [0.25, 0.3) is 0 Å². The molecule has 5 nitrogen and oxygen atoms in total. The fourth-order valence-corrected chi connectivity index (χ4v) is 3.43. The molecule has 3 aromatic heterocycles. The predicted octanol–water partition coefficient (Wildman–Crippen LogP) is 5.59. The summed E-state index contributed by atoms with van der Waals surface area (Å²) in [4.78, 5) is 4.83. The third kappa shape index (κ3) is 4.24. The lowest BCUT2D eigenvalue weighted by molar-refractivity contribution is 0.711. The van der Waals surface area contributed by atoms with E-state index >= 15 is 0 Å². The van der Waals surface area contributed by atoms with Gasteiger partial charge in [-0.3, -0.25) is 0 Å². The second-order valence-electron chi connectivity index (χ2n) is 8.01. The average Bonchev–Trinajstić information content (AvgIpc) is 3.16. The molecule has 3 rings (SSSR count). The van der Waals surface area contributed by atoms with E-state index in [2.05, 4.69) is 59.7 Å². The first-order valence-corrected chi connectivity index (χ1v) is 10.1. The molecule has 5 heteroatoms. The van der Waals surface area contributed by atoms with E-state index in [1.165, 1.54) is 11.3 Å². The standard InChI is InChI=1S/C24H31N5/c1-15(2)24-13-12-17(4)29(24)27-20(7)23-11-9-10-22(25-23)19(6)26-28-18(5)14-16(3)21(28)8/h9-15H,1-8H3/b26-19-,27-20-. The van der Waals surface area contributed by atoms with Crippen LogP contribution in [0.3, 0.4) is 0 Å². The maximum absolute atomic E-state index is 4.85. The molecule has 0 fully saturated rings. The molecule has 0 aromatic carbocycles. The van der Waals surface area contributed by atoms with Crippen LogP contribution in [0.2, 0.25) is 0 Å². The highest BCUT2D eigenvalue weighted by atomic mass is 15.4. The van der Waals surface area contributed by atoms with E-state index in [0.29, 0.717) is 5.92 Å². The van der Waals surface area contributed by atoms with Crippen LogP contribution in [0.4, 0.5) is 0 Å². The van der Waals surface area contributed by atoms with Gasteiger partial charge in [-0.25, -0.2) is 14.3 Å². The summed E-state index contributed by atoms with van der Waals surface area (Å²) in [6.07, 6.45) is 0. The van der Waals surface area contributed by atoms with Crippen molar-refractivity contribution in [2.45, 2.75) is 61.3 Å². The minimum absolute atomic E-state index is 0.408. The number of pyridine rings is 1. The Bertz CT molecular complexity index is 1090. The van der Waals surface area contributed by atoms with E-state index in [4.69, 9.17) is 15.2 Å². The van der Waals surface area contributed by atoms with Gasteiger partial charge in [0.05, 0.1) is 22.8 Å². The zero-order valence-electron chi connectivity index (χ0n) is 18.8. The van der Waals surface area contributed by atoms with E-state index in [9.17, 15) is 0 Å². The maximum Gasteiger partial charge on any atom is 0.0867 e. The number of hydrogen-bond donors (Lipinski definition) is 0. The number of hydrogen-bond acceptors (Lipinski definition) is 3. The Morgan fingerprint density at radius 3 is 1.93 bits per heavy atom. The van der Waals surface area contributed by atoms with Crippen molar-refractivity contribution in [1.29, 1.82) is 0 Å². The molecule has 3 heterocycles. The maximum atomic E-state index is 4.85. The van der Waals surface area contributed by atoms with Crippen LogP contribution in [-0.2, 0) is 0 Å². The molecule has 0 atom stereocenters. The Morgan fingerprint density at radius 2 is 1.41 bits per heavy atom. The van der Waals surface area contributed by atoms with Crippen LogP contribution in [-0.4, -0.2) is 25.8 Å². The average molecular weight is 390 g/mol. The van der Waals surface area contributed by atoms with Gasteiger partial charge in [0.15, 0.2) is 0 Å². The van der Waals surface area contributed by atoms with Crippen LogP contribution in [0.15, 0.2) is 46.6 Å². The minimum Gasteiger partial charge on any atom is -0.245 e. The second kappa shape index (κ2) is 8.19. The lowest BCUT2D eigenvalue weighted by atomic mass is 10.1. The van der Waals surface area contributed by atoms with E-state index in [0.717, 1.165) is 39.9 Å². The molecule has 0 aliphatic carbocycles. The molecule has 152 valence electrons. The van der Waals surface area contributed by atoms with E-state index in [1.54, 1.807) is 0 Å². The van der Waals surface area contributed by atoms with Crippen molar-refractivity contribution < 1.29 is 0 Å². The Hall–Kier alpha value is -2.95. The number of aryl methyl sites for hydroxylation is 3. The SMILES string of the molecule is C/C(=N/n1c(C)ccc1C(C)C)c1cccc(/C(C)=N\n2c(C)cc(C)c2C)n1. The molecule has 29 heavy (non-hydrogen) atoms. The molecular formula is C24H31N5. The molecule has 0 saturated carbocycles. The number of nitrogens with zero attached hydrogens (tertiary/aromatic N) is 5. The fraction of sp³-hybridized carbons (Fsp3) is 0.375. The normalized spacial score (nSPS) is 12.9. The van der Waals surface area contributed by atoms with Gasteiger partial charge in [0.2, 0.25) is 0 Å². The summed E-state index contributed by atoms with van der Waals surface area (Å²) in [7, 11) is 0. The lowest BCUT2D eigenvalue weighted by Crippen LogP contribution is -2.10. The van der Waals surface area contributed by atoms with Gasteiger partial charge < -0.3 is 0 Å². The number of aromatic nitrogens is 3. The first-order chi connectivity index (χ1) is 13.7. The van der Waals surface area contributed by atoms with Crippen LogP contribution >= 0.6 is 0 Å². The summed E-state index contributed by atoms with van der Waals surface area (Å²) < 4.78 is 4.00. The lowest BCUT2D eigenvalue weighted by Gasteiger charge is -2.11. The van der Waals surface area contributed by atoms with Crippen molar-refractivity contribution >= 4 is 11.4 Å². The molecule has 0 bridgehead atoms. The predicted molar refractivity (Wildman–Crippen MR) is 121 cm³/mol. The van der Waals surface area contributed by atoms with Gasteiger partial charge >= 0.3 is 0 Å². The van der Waals surface area contributed by atoms with Gasteiger partial charge in [-0.2, -0.15) is 10.2 Å². The highest BCUT2D eigenvalue weighted by Gasteiger charge is 2.11. The van der Waals surface area contributed by atoms with Crippen molar-refractivity contribution in [2.75, 3.05) is 0 Å². The number of rotatable bonds is 5. The van der Waals surface area contributed by atoms with Crippen molar-refractivity contribution in [1.82, 2.24) is 14.3 Å². The van der Waals surface area contributed by atoms with Gasteiger partial charge in [0.25, 0.3) is 0 Å². The van der Waals surface area contributed by atoms with E-state index in [1.807, 2.05) is 41.4 Å². The summed E-state index contributed by atoms with van der Waals surface area (Å²) in [6.45, 7) is 16.7. The largest absolute Gasteiger partial charge is 0.245 e. The third-order valence-corrected chi connectivity index (χ3v) is 5.30.